The zero-order valence-corrected chi connectivity index (χ0v) is 13.7. The van der Waals surface area contributed by atoms with E-state index in [9.17, 15) is 22.0 Å². The first kappa shape index (κ1) is 18.3. The molecule has 1 aliphatic carbocycles. The molecule has 140 valence electrons. The van der Waals surface area contributed by atoms with Crippen molar-refractivity contribution in [1.29, 1.82) is 0 Å². The predicted octanol–water partition coefficient (Wildman–Crippen LogP) is 5.26. The van der Waals surface area contributed by atoms with E-state index in [4.69, 9.17) is 0 Å². The fraction of sp³-hybridized carbons (Fsp3) is 0.412. The molecule has 1 aromatic carbocycles. The summed E-state index contributed by atoms with van der Waals surface area (Å²) < 4.78 is 66.4. The van der Waals surface area contributed by atoms with Gasteiger partial charge in [-0.3, -0.25) is 0 Å². The summed E-state index contributed by atoms with van der Waals surface area (Å²) in [5.74, 6) is -1.99. The second-order valence-electron chi connectivity index (χ2n) is 6.19. The minimum Gasteiger partial charge on any atom is -0.351 e. The molecule has 2 aromatic rings. The molecule has 0 saturated heterocycles. The first-order chi connectivity index (χ1) is 12.3. The molecule has 4 nitrogen and oxygen atoms in total. The number of hydrogen-bond donors (Lipinski definition) is 2. The molecule has 2 N–H and O–H groups in total. The third-order valence-corrected chi connectivity index (χ3v) is 4.15. The molecule has 0 aliphatic heterocycles. The van der Waals surface area contributed by atoms with Crippen LogP contribution in [-0.4, -0.2) is 16.0 Å². The molecule has 9 heteroatoms. The van der Waals surface area contributed by atoms with Gasteiger partial charge < -0.3 is 10.6 Å². The summed E-state index contributed by atoms with van der Waals surface area (Å²) in [6.45, 7) is 0. The monoisotopic (exact) mass is 372 g/mol. The molecule has 0 atom stereocenters. The molecule has 1 aromatic heterocycles. The van der Waals surface area contributed by atoms with E-state index < -0.39 is 23.5 Å². The van der Waals surface area contributed by atoms with Crippen LogP contribution in [0.4, 0.5) is 39.4 Å². The van der Waals surface area contributed by atoms with E-state index in [1.54, 1.807) is 0 Å². The summed E-state index contributed by atoms with van der Waals surface area (Å²) in [4.78, 5) is 7.51. The number of anilines is 3. The van der Waals surface area contributed by atoms with Gasteiger partial charge in [0, 0.05) is 18.2 Å². The van der Waals surface area contributed by atoms with E-state index in [2.05, 4.69) is 20.6 Å². The largest absolute Gasteiger partial charge is 0.433 e. The van der Waals surface area contributed by atoms with Crippen molar-refractivity contribution < 1.29 is 22.0 Å². The average Bonchev–Trinajstić information content (AvgIpc) is 2.58. The summed E-state index contributed by atoms with van der Waals surface area (Å²) in [6.07, 6.45) is 0.00436. The van der Waals surface area contributed by atoms with Gasteiger partial charge in [-0.2, -0.15) is 18.2 Å². The van der Waals surface area contributed by atoms with Crippen LogP contribution in [0.25, 0.3) is 0 Å². The number of nitrogens with one attached hydrogen (secondary N) is 2. The highest BCUT2D eigenvalue weighted by atomic mass is 19.4. The third-order valence-electron chi connectivity index (χ3n) is 4.15. The minimum atomic E-state index is -4.69. The maximum Gasteiger partial charge on any atom is 0.433 e. The zero-order chi connectivity index (χ0) is 18.7. The predicted molar refractivity (Wildman–Crippen MR) is 87.2 cm³/mol. The standard InChI is InChI=1S/C17H17F5N4/c18-10-6-7-12(19)13(8-10)24-15-9-14(17(20,21)22)25-16(26-15)23-11-4-2-1-3-5-11/h6-9,11H,1-5H2,(H2,23,24,25,26). The first-order valence-electron chi connectivity index (χ1n) is 8.26. The third kappa shape index (κ3) is 4.59. The zero-order valence-electron chi connectivity index (χ0n) is 13.7. The van der Waals surface area contributed by atoms with E-state index in [1.165, 1.54) is 0 Å². The van der Waals surface area contributed by atoms with Gasteiger partial charge in [0.15, 0.2) is 5.69 Å². The van der Waals surface area contributed by atoms with Gasteiger partial charge in [-0.15, -0.1) is 0 Å². The van der Waals surface area contributed by atoms with Gasteiger partial charge in [0.1, 0.15) is 17.5 Å². The van der Waals surface area contributed by atoms with E-state index in [1.807, 2.05) is 0 Å². The second-order valence-corrected chi connectivity index (χ2v) is 6.19. The van der Waals surface area contributed by atoms with E-state index in [0.717, 1.165) is 50.3 Å². The molecule has 1 aliphatic rings. The summed E-state index contributed by atoms with van der Waals surface area (Å²) in [6, 6.07) is 3.29. The molecule has 0 bridgehead atoms. The van der Waals surface area contributed by atoms with Crippen molar-refractivity contribution in [3.05, 3.63) is 41.6 Å². The first-order valence-corrected chi connectivity index (χ1v) is 8.26. The second kappa shape index (κ2) is 7.43. The molecule has 1 saturated carbocycles. The van der Waals surface area contributed by atoms with E-state index >= 15 is 0 Å². The number of rotatable bonds is 4. The molecule has 3 rings (SSSR count). The van der Waals surface area contributed by atoms with Gasteiger partial charge >= 0.3 is 6.18 Å². The van der Waals surface area contributed by atoms with Crippen molar-refractivity contribution in [3.8, 4) is 0 Å². The van der Waals surface area contributed by atoms with Gasteiger partial charge in [-0.1, -0.05) is 19.3 Å². The van der Waals surface area contributed by atoms with Crippen molar-refractivity contribution in [2.24, 2.45) is 0 Å². The Balaban J connectivity index is 1.90. The molecular formula is C17H17F5N4. The van der Waals surface area contributed by atoms with Crippen LogP contribution < -0.4 is 10.6 Å². The Kier molecular flexibility index (Phi) is 5.24. The molecular weight excluding hydrogens is 355 g/mol. The van der Waals surface area contributed by atoms with E-state index in [0.29, 0.717) is 6.07 Å². The minimum absolute atomic E-state index is 0.00834. The van der Waals surface area contributed by atoms with Crippen LogP contribution in [-0.2, 0) is 6.18 Å². The highest BCUT2D eigenvalue weighted by molar-refractivity contribution is 5.58. The van der Waals surface area contributed by atoms with Gasteiger partial charge in [0.05, 0.1) is 5.69 Å². The normalized spacial score (nSPS) is 15.7. The maximum atomic E-state index is 13.8. The van der Waals surface area contributed by atoms with Crippen molar-refractivity contribution in [3.63, 3.8) is 0 Å². The van der Waals surface area contributed by atoms with Gasteiger partial charge in [-0.05, 0) is 25.0 Å². The number of benzene rings is 1. The molecule has 26 heavy (non-hydrogen) atoms. The fourth-order valence-electron chi connectivity index (χ4n) is 2.88. The SMILES string of the molecule is Fc1ccc(F)c(Nc2cc(C(F)(F)F)nc(NC3CCCCC3)n2)c1. The smallest absolute Gasteiger partial charge is 0.351 e. The quantitative estimate of drug-likeness (QED) is 0.719. The number of hydrogen-bond acceptors (Lipinski definition) is 4. The molecule has 0 radical (unpaired) electrons. The van der Waals surface area contributed by atoms with Crippen molar-refractivity contribution in [2.45, 2.75) is 44.3 Å². The maximum absolute atomic E-state index is 13.8. The Hall–Kier alpha value is -2.45. The summed E-state index contributed by atoms with van der Waals surface area (Å²) in [5, 5.41) is 5.31. The van der Waals surface area contributed by atoms with Crippen LogP contribution in [0.15, 0.2) is 24.3 Å². The van der Waals surface area contributed by atoms with Crippen LogP contribution in [0.5, 0.6) is 0 Å². The van der Waals surface area contributed by atoms with Gasteiger partial charge in [0.2, 0.25) is 5.95 Å². The number of alkyl halides is 3. The van der Waals surface area contributed by atoms with Crippen LogP contribution >= 0.6 is 0 Å². The number of aromatic nitrogens is 2. The van der Waals surface area contributed by atoms with Crippen LogP contribution in [0.1, 0.15) is 37.8 Å². The van der Waals surface area contributed by atoms with Crippen LogP contribution in [0.3, 0.4) is 0 Å². The molecule has 0 amide bonds. The summed E-state index contributed by atoms with van der Waals surface area (Å²) in [7, 11) is 0. The topological polar surface area (TPSA) is 49.8 Å². The lowest BCUT2D eigenvalue weighted by Crippen LogP contribution is -2.24. The summed E-state index contributed by atoms with van der Waals surface area (Å²) in [5.41, 5.74) is -1.47. The lowest BCUT2D eigenvalue weighted by atomic mass is 9.96. The molecule has 1 heterocycles. The van der Waals surface area contributed by atoms with Gasteiger partial charge in [0.25, 0.3) is 0 Å². The lowest BCUT2D eigenvalue weighted by molar-refractivity contribution is -0.141. The Morgan fingerprint density at radius 3 is 2.38 bits per heavy atom. The summed E-state index contributed by atoms with van der Waals surface area (Å²) >= 11 is 0. The molecule has 0 unspecified atom stereocenters. The van der Waals surface area contributed by atoms with Crippen molar-refractivity contribution in [2.75, 3.05) is 10.6 Å². The van der Waals surface area contributed by atoms with Crippen LogP contribution in [0.2, 0.25) is 0 Å². The number of nitrogens with zero attached hydrogens (tertiary/aromatic N) is 2. The van der Waals surface area contributed by atoms with Crippen molar-refractivity contribution in [1.82, 2.24) is 9.97 Å². The highest BCUT2D eigenvalue weighted by Gasteiger charge is 2.34. The Morgan fingerprint density at radius 2 is 1.69 bits per heavy atom. The Bertz CT molecular complexity index is 772. The molecule has 0 spiro atoms. The average molecular weight is 372 g/mol. The highest BCUT2D eigenvalue weighted by Crippen LogP contribution is 2.31. The molecule has 1 fully saturated rings. The van der Waals surface area contributed by atoms with Crippen LogP contribution in [0, 0.1) is 11.6 Å². The fourth-order valence-corrected chi connectivity index (χ4v) is 2.88. The lowest BCUT2D eigenvalue weighted by Gasteiger charge is -2.23. The Morgan fingerprint density at radius 1 is 0.962 bits per heavy atom. The van der Waals surface area contributed by atoms with E-state index in [-0.39, 0.29) is 23.5 Å². The Labute approximate surface area is 146 Å². The van der Waals surface area contributed by atoms with Crippen molar-refractivity contribution >= 4 is 17.5 Å². The van der Waals surface area contributed by atoms with Gasteiger partial charge in [-0.25, -0.2) is 13.8 Å². The number of halogens is 5.